The minimum Gasteiger partial charge on any atom is -0.493 e. The first-order valence-corrected chi connectivity index (χ1v) is 11.9. The van der Waals surface area contributed by atoms with Crippen LogP contribution in [0.3, 0.4) is 0 Å². The van der Waals surface area contributed by atoms with Crippen LogP contribution in [0.1, 0.15) is 54.8 Å². The summed E-state index contributed by atoms with van der Waals surface area (Å²) >= 11 is 1.28. The molecule has 2 atom stereocenters. The largest absolute Gasteiger partial charge is 0.493 e. The first kappa shape index (κ1) is 23.9. The number of esters is 2. The van der Waals surface area contributed by atoms with Crippen molar-refractivity contribution in [3.63, 3.8) is 0 Å². The Morgan fingerprint density at radius 3 is 2.53 bits per heavy atom. The average Bonchev–Trinajstić information content (AvgIpc) is 3.32. The van der Waals surface area contributed by atoms with Crippen molar-refractivity contribution in [3.05, 3.63) is 57.4 Å². The van der Waals surface area contributed by atoms with Crippen molar-refractivity contribution in [2.24, 2.45) is 16.3 Å². The number of hydrogen-bond donors (Lipinski definition) is 0. The molecule has 0 bridgehead atoms. The van der Waals surface area contributed by atoms with E-state index in [1.54, 1.807) is 42.6 Å². The molecule has 0 saturated carbocycles. The van der Waals surface area contributed by atoms with Crippen LogP contribution in [0.5, 0.6) is 11.5 Å². The van der Waals surface area contributed by atoms with Crippen LogP contribution < -0.4 is 9.47 Å². The normalized spacial score (nSPS) is 21.4. The highest BCUT2D eigenvalue weighted by molar-refractivity contribution is 7.12. The van der Waals surface area contributed by atoms with E-state index >= 15 is 0 Å². The lowest BCUT2D eigenvalue weighted by Crippen LogP contribution is -2.39. The molecular weight excluding hydrogens is 454 g/mol. The Morgan fingerprint density at radius 1 is 1.12 bits per heavy atom. The maximum Gasteiger partial charge on any atom is 0.353 e. The Morgan fingerprint density at radius 2 is 1.88 bits per heavy atom. The first-order chi connectivity index (χ1) is 16.1. The van der Waals surface area contributed by atoms with Crippen LogP contribution in [0.15, 0.2) is 52.0 Å². The molecule has 0 N–H and O–H groups in total. The third-order valence-corrected chi connectivity index (χ3v) is 7.08. The molecule has 8 heteroatoms. The van der Waals surface area contributed by atoms with E-state index in [4.69, 9.17) is 14.2 Å². The molecule has 2 heterocycles. The fourth-order valence-electron chi connectivity index (χ4n) is 4.74. The van der Waals surface area contributed by atoms with Crippen molar-refractivity contribution in [2.45, 2.75) is 39.5 Å². The van der Waals surface area contributed by atoms with Gasteiger partial charge in [0.05, 0.1) is 14.2 Å². The summed E-state index contributed by atoms with van der Waals surface area (Å²) in [6, 6.07) is 8.56. The molecule has 1 aliphatic carbocycles. The van der Waals surface area contributed by atoms with Crippen molar-refractivity contribution in [2.75, 3.05) is 14.2 Å². The topological polar surface area (TPSA) is 91.3 Å². The maximum atomic E-state index is 13.3. The highest BCUT2D eigenvalue weighted by Crippen LogP contribution is 2.48. The minimum atomic E-state index is -0.738. The van der Waals surface area contributed by atoms with Gasteiger partial charge in [0.2, 0.25) is 0 Å². The molecule has 0 spiro atoms. The van der Waals surface area contributed by atoms with Gasteiger partial charge in [-0.15, -0.1) is 11.3 Å². The number of methoxy groups -OCH3 is 2. The van der Waals surface area contributed by atoms with Crippen LogP contribution in [-0.2, 0) is 14.3 Å². The van der Waals surface area contributed by atoms with Crippen molar-refractivity contribution in [1.82, 2.24) is 0 Å². The van der Waals surface area contributed by atoms with Crippen LogP contribution in [0.4, 0.5) is 0 Å². The molecule has 1 aromatic carbocycles. The van der Waals surface area contributed by atoms with Gasteiger partial charge in [0.15, 0.2) is 17.3 Å². The molecule has 1 aromatic heterocycles. The third kappa shape index (κ3) is 4.42. The van der Waals surface area contributed by atoms with Crippen LogP contribution in [-0.4, -0.2) is 37.7 Å². The molecule has 0 amide bonds. The zero-order valence-corrected chi connectivity index (χ0v) is 20.7. The van der Waals surface area contributed by atoms with Crippen molar-refractivity contribution in [3.8, 4) is 11.5 Å². The van der Waals surface area contributed by atoms with Gasteiger partial charge in [-0.3, -0.25) is 14.6 Å². The predicted molar refractivity (Wildman–Crippen MR) is 129 cm³/mol. The molecular formula is C26H27NO6S. The SMILES string of the molecule is COC(=O)C1C(C)=NC2=C(C(=O)CC(C)(C)C2)[C@H]1c1ccc(OC(=O)c2cccs2)c(OC)c1. The molecule has 178 valence electrons. The third-order valence-electron chi connectivity index (χ3n) is 6.23. The van der Waals surface area contributed by atoms with Gasteiger partial charge >= 0.3 is 11.9 Å². The molecule has 0 radical (unpaired) electrons. The van der Waals surface area contributed by atoms with E-state index < -0.39 is 23.8 Å². The van der Waals surface area contributed by atoms with Crippen molar-refractivity contribution in [1.29, 1.82) is 0 Å². The smallest absolute Gasteiger partial charge is 0.353 e. The highest BCUT2D eigenvalue weighted by atomic mass is 32.1. The number of hydrogen-bond acceptors (Lipinski definition) is 8. The second-order valence-corrected chi connectivity index (χ2v) is 10.3. The van der Waals surface area contributed by atoms with Crippen LogP contribution in [0, 0.1) is 11.3 Å². The van der Waals surface area contributed by atoms with Crippen molar-refractivity contribution < 1.29 is 28.6 Å². The van der Waals surface area contributed by atoms with Gasteiger partial charge in [-0.1, -0.05) is 26.0 Å². The van der Waals surface area contributed by atoms with E-state index in [-0.39, 0.29) is 16.9 Å². The fraction of sp³-hybridized carbons (Fsp3) is 0.385. The minimum absolute atomic E-state index is 0.0198. The van der Waals surface area contributed by atoms with Gasteiger partial charge in [-0.05, 0) is 47.9 Å². The second-order valence-electron chi connectivity index (χ2n) is 9.31. The summed E-state index contributed by atoms with van der Waals surface area (Å²) in [7, 11) is 2.81. The number of allylic oxidation sites excluding steroid dienone is 2. The summed E-state index contributed by atoms with van der Waals surface area (Å²) in [5, 5.41) is 1.80. The zero-order chi connectivity index (χ0) is 24.6. The quantitative estimate of drug-likeness (QED) is 0.443. The summed E-state index contributed by atoms with van der Waals surface area (Å²) < 4.78 is 16.2. The van der Waals surface area contributed by atoms with Gasteiger partial charge in [0.1, 0.15) is 10.8 Å². The number of ketones is 1. The van der Waals surface area contributed by atoms with Gasteiger partial charge in [0, 0.05) is 29.3 Å². The molecule has 1 aliphatic heterocycles. The molecule has 1 unspecified atom stereocenters. The number of nitrogens with zero attached hydrogens (tertiary/aromatic N) is 1. The van der Waals surface area contributed by atoms with Gasteiger partial charge in [-0.25, -0.2) is 4.79 Å². The number of carbonyl (C=O) groups excluding carboxylic acids is 3. The number of Topliss-reactive ketones (excluding diaryl/α,β-unsaturated/α-hetero) is 1. The monoisotopic (exact) mass is 481 g/mol. The van der Waals surface area contributed by atoms with Crippen LogP contribution in [0.25, 0.3) is 0 Å². The van der Waals surface area contributed by atoms with E-state index in [0.29, 0.717) is 40.3 Å². The predicted octanol–water partition coefficient (Wildman–Crippen LogP) is 4.97. The van der Waals surface area contributed by atoms with Gasteiger partial charge in [0.25, 0.3) is 0 Å². The van der Waals surface area contributed by atoms with E-state index in [0.717, 1.165) is 5.70 Å². The Bertz CT molecular complexity index is 1210. The number of ether oxygens (including phenoxy) is 3. The number of thiophene rings is 1. The van der Waals surface area contributed by atoms with E-state index in [1.165, 1.54) is 25.6 Å². The van der Waals surface area contributed by atoms with E-state index in [2.05, 4.69) is 4.99 Å². The van der Waals surface area contributed by atoms with E-state index in [1.807, 2.05) is 13.8 Å². The fourth-order valence-corrected chi connectivity index (χ4v) is 5.34. The van der Waals surface area contributed by atoms with Gasteiger partial charge in [-0.2, -0.15) is 0 Å². The summed E-state index contributed by atoms with van der Waals surface area (Å²) in [5.41, 5.74) is 2.35. The highest BCUT2D eigenvalue weighted by Gasteiger charge is 2.46. The van der Waals surface area contributed by atoms with Crippen molar-refractivity contribution >= 4 is 34.8 Å². The lowest BCUT2D eigenvalue weighted by atomic mass is 9.67. The summed E-state index contributed by atoms with van der Waals surface area (Å²) in [5.74, 6) is -1.68. The van der Waals surface area contributed by atoms with E-state index in [9.17, 15) is 14.4 Å². The Labute approximate surface area is 202 Å². The van der Waals surface area contributed by atoms with Crippen LogP contribution >= 0.6 is 11.3 Å². The number of carbonyl (C=O) groups is 3. The average molecular weight is 482 g/mol. The number of benzene rings is 1. The Balaban J connectivity index is 1.78. The molecule has 0 saturated heterocycles. The summed E-state index contributed by atoms with van der Waals surface area (Å²) in [6.45, 7) is 5.88. The molecule has 2 aliphatic rings. The Hall–Kier alpha value is -3.26. The number of rotatable bonds is 5. The van der Waals surface area contributed by atoms with Crippen LogP contribution in [0.2, 0.25) is 0 Å². The molecule has 0 fully saturated rings. The summed E-state index contributed by atoms with van der Waals surface area (Å²) in [4.78, 5) is 43.7. The lowest BCUT2D eigenvalue weighted by Gasteiger charge is -2.38. The molecule has 7 nitrogen and oxygen atoms in total. The molecule has 4 rings (SSSR count). The Kier molecular flexibility index (Phi) is 6.45. The molecule has 2 aromatic rings. The number of aliphatic imine (C=N–C) groups is 1. The zero-order valence-electron chi connectivity index (χ0n) is 19.8. The molecule has 34 heavy (non-hydrogen) atoms. The first-order valence-electron chi connectivity index (χ1n) is 11.0. The standard InChI is InChI=1S/C26H27NO6S/c1-14-21(25(30)32-5)22(23-16(27-14)12-26(2,3)13-17(23)28)15-8-9-18(19(11-15)31-4)33-24(29)20-7-6-10-34-20/h6-11,21-22H,12-13H2,1-5H3/t21?,22-/m0/s1. The lowest BCUT2D eigenvalue weighted by molar-refractivity contribution is -0.143. The maximum absolute atomic E-state index is 13.3. The van der Waals surface area contributed by atoms with Gasteiger partial charge < -0.3 is 14.2 Å². The second kappa shape index (κ2) is 9.18. The summed E-state index contributed by atoms with van der Waals surface area (Å²) in [6.07, 6.45) is 1.02.